The Kier molecular flexibility index (Phi) is 6.88. The summed E-state index contributed by atoms with van der Waals surface area (Å²) < 4.78 is 16.1. The molecule has 9 nitrogen and oxygen atoms in total. The van der Waals surface area contributed by atoms with Crippen LogP contribution in [0, 0.1) is 0 Å². The van der Waals surface area contributed by atoms with Gasteiger partial charge in [-0.15, -0.1) is 0 Å². The second-order valence-electron chi connectivity index (χ2n) is 6.71. The van der Waals surface area contributed by atoms with Crippen LogP contribution in [0.4, 0.5) is 11.7 Å². The van der Waals surface area contributed by atoms with Crippen LogP contribution in [-0.2, 0) is 4.74 Å². The first kappa shape index (κ1) is 21.8. The standard InChI is InChI=1S/C22H23N3O6/c1-25(8-9-29-2)20(26)16-10-17(12-18(11-16)30-3)24-22-23-13-19(31-22)14-4-6-15(7-5-14)21(27)28/h4-7,10-13H,8-9H2,1-3H3,(H,23,24)(H,27,28). The number of ether oxygens (including phenoxy) is 2. The van der Waals surface area contributed by atoms with E-state index in [4.69, 9.17) is 19.0 Å². The molecular formula is C22H23N3O6. The van der Waals surface area contributed by atoms with Crippen LogP contribution in [0.5, 0.6) is 5.75 Å². The van der Waals surface area contributed by atoms with Crippen LogP contribution in [0.25, 0.3) is 11.3 Å². The first-order valence-electron chi connectivity index (χ1n) is 9.41. The predicted molar refractivity (Wildman–Crippen MR) is 114 cm³/mol. The molecule has 1 amide bonds. The van der Waals surface area contributed by atoms with Crippen LogP contribution in [-0.4, -0.2) is 61.3 Å². The highest BCUT2D eigenvalue weighted by atomic mass is 16.5. The summed E-state index contributed by atoms with van der Waals surface area (Å²) in [5.41, 5.74) is 1.88. The van der Waals surface area contributed by atoms with Crippen molar-refractivity contribution in [1.82, 2.24) is 9.88 Å². The number of hydrogen-bond acceptors (Lipinski definition) is 7. The van der Waals surface area contributed by atoms with Gasteiger partial charge in [-0.05, 0) is 24.3 Å². The molecular weight excluding hydrogens is 402 g/mol. The monoisotopic (exact) mass is 425 g/mol. The normalized spacial score (nSPS) is 10.5. The van der Waals surface area contributed by atoms with Crippen molar-refractivity contribution in [3.8, 4) is 17.1 Å². The minimum Gasteiger partial charge on any atom is -0.497 e. The molecule has 2 N–H and O–H groups in total. The zero-order chi connectivity index (χ0) is 22.4. The van der Waals surface area contributed by atoms with E-state index in [2.05, 4.69) is 10.3 Å². The Morgan fingerprint density at radius 1 is 1.13 bits per heavy atom. The van der Waals surface area contributed by atoms with Gasteiger partial charge in [0.2, 0.25) is 0 Å². The summed E-state index contributed by atoms with van der Waals surface area (Å²) in [5, 5.41) is 12.0. The summed E-state index contributed by atoms with van der Waals surface area (Å²) in [6.45, 7) is 0.892. The van der Waals surface area contributed by atoms with Gasteiger partial charge in [-0.3, -0.25) is 4.79 Å². The van der Waals surface area contributed by atoms with E-state index < -0.39 is 5.97 Å². The van der Waals surface area contributed by atoms with Gasteiger partial charge in [-0.1, -0.05) is 12.1 Å². The van der Waals surface area contributed by atoms with Gasteiger partial charge in [0, 0.05) is 43.6 Å². The predicted octanol–water partition coefficient (Wildman–Crippen LogP) is 3.51. The second kappa shape index (κ2) is 9.77. The SMILES string of the molecule is COCCN(C)C(=O)c1cc(Nc2ncc(-c3ccc(C(=O)O)cc3)o2)cc(OC)c1. The quantitative estimate of drug-likeness (QED) is 0.535. The minimum atomic E-state index is -0.997. The minimum absolute atomic E-state index is 0.175. The zero-order valence-electron chi connectivity index (χ0n) is 17.4. The zero-order valence-corrected chi connectivity index (χ0v) is 17.4. The number of oxazole rings is 1. The number of likely N-dealkylation sites (N-methyl/N-ethyl adjacent to an activating group) is 1. The van der Waals surface area contributed by atoms with Crippen molar-refractivity contribution in [1.29, 1.82) is 0 Å². The molecule has 0 aliphatic carbocycles. The van der Waals surface area contributed by atoms with Crippen molar-refractivity contribution >= 4 is 23.6 Å². The van der Waals surface area contributed by atoms with Gasteiger partial charge in [0.15, 0.2) is 5.76 Å². The Morgan fingerprint density at radius 3 is 2.52 bits per heavy atom. The number of nitrogens with zero attached hydrogens (tertiary/aromatic N) is 2. The molecule has 162 valence electrons. The summed E-state index contributed by atoms with van der Waals surface area (Å²) in [6, 6.07) is 11.5. The number of carboxylic acids is 1. The molecule has 0 atom stereocenters. The lowest BCUT2D eigenvalue weighted by Gasteiger charge is -2.17. The van der Waals surface area contributed by atoms with E-state index >= 15 is 0 Å². The number of methoxy groups -OCH3 is 2. The van der Waals surface area contributed by atoms with E-state index in [0.717, 1.165) is 0 Å². The number of aromatic nitrogens is 1. The van der Waals surface area contributed by atoms with Crippen molar-refractivity contribution in [3.05, 3.63) is 59.8 Å². The maximum Gasteiger partial charge on any atom is 0.335 e. The molecule has 0 saturated heterocycles. The lowest BCUT2D eigenvalue weighted by Crippen LogP contribution is -2.30. The topological polar surface area (TPSA) is 114 Å². The fourth-order valence-corrected chi connectivity index (χ4v) is 2.83. The third-order valence-corrected chi connectivity index (χ3v) is 4.54. The van der Waals surface area contributed by atoms with E-state index in [1.54, 1.807) is 49.4 Å². The second-order valence-corrected chi connectivity index (χ2v) is 6.71. The van der Waals surface area contributed by atoms with Crippen LogP contribution >= 0.6 is 0 Å². The molecule has 0 bridgehead atoms. The maximum absolute atomic E-state index is 12.7. The number of carbonyl (C=O) groups is 2. The molecule has 31 heavy (non-hydrogen) atoms. The highest BCUT2D eigenvalue weighted by Gasteiger charge is 2.15. The molecule has 3 rings (SSSR count). The van der Waals surface area contributed by atoms with Crippen LogP contribution in [0.15, 0.2) is 53.1 Å². The molecule has 0 fully saturated rings. The third-order valence-electron chi connectivity index (χ3n) is 4.54. The number of nitrogens with one attached hydrogen (secondary N) is 1. The molecule has 0 unspecified atom stereocenters. The van der Waals surface area contributed by atoms with Gasteiger partial charge < -0.3 is 29.2 Å². The van der Waals surface area contributed by atoms with Crippen molar-refractivity contribution in [3.63, 3.8) is 0 Å². The van der Waals surface area contributed by atoms with Crippen LogP contribution < -0.4 is 10.1 Å². The molecule has 0 radical (unpaired) electrons. The van der Waals surface area contributed by atoms with E-state index in [9.17, 15) is 9.59 Å². The lowest BCUT2D eigenvalue weighted by atomic mass is 10.1. The molecule has 0 saturated carbocycles. The van der Waals surface area contributed by atoms with Crippen molar-refractivity contribution in [2.75, 3.05) is 39.7 Å². The van der Waals surface area contributed by atoms with Crippen LogP contribution in [0.1, 0.15) is 20.7 Å². The van der Waals surface area contributed by atoms with Gasteiger partial charge in [0.05, 0.1) is 25.5 Å². The number of aromatic carboxylic acids is 1. The Balaban J connectivity index is 1.79. The average Bonchev–Trinajstić information content (AvgIpc) is 3.25. The first-order valence-corrected chi connectivity index (χ1v) is 9.41. The number of carbonyl (C=O) groups excluding carboxylic acids is 1. The first-order chi connectivity index (χ1) is 14.9. The Hall–Kier alpha value is -3.85. The fraction of sp³-hybridized carbons (Fsp3) is 0.227. The Morgan fingerprint density at radius 2 is 1.87 bits per heavy atom. The van der Waals surface area contributed by atoms with Gasteiger partial charge in [-0.25, -0.2) is 9.78 Å². The molecule has 9 heteroatoms. The Bertz CT molecular complexity index is 1060. The highest BCUT2D eigenvalue weighted by molar-refractivity contribution is 5.95. The lowest BCUT2D eigenvalue weighted by molar-refractivity contribution is 0.0695. The van der Waals surface area contributed by atoms with Gasteiger partial charge >= 0.3 is 5.97 Å². The molecule has 1 aromatic heterocycles. The smallest absolute Gasteiger partial charge is 0.335 e. The van der Waals surface area contributed by atoms with Gasteiger partial charge in [0.1, 0.15) is 5.75 Å². The molecule has 0 aliphatic heterocycles. The summed E-state index contributed by atoms with van der Waals surface area (Å²) >= 11 is 0. The number of benzene rings is 2. The number of amides is 1. The van der Waals surface area contributed by atoms with E-state index in [1.807, 2.05) is 0 Å². The average molecular weight is 425 g/mol. The molecule has 1 heterocycles. The molecule has 3 aromatic rings. The van der Waals surface area contributed by atoms with Crippen molar-refractivity contribution < 1.29 is 28.6 Å². The van der Waals surface area contributed by atoms with E-state index in [0.29, 0.717) is 41.5 Å². The van der Waals surface area contributed by atoms with E-state index in [-0.39, 0.29) is 17.5 Å². The summed E-state index contributed by atoms with van der Waals surface area (Å²) in [4.78, 5) is 29.4. The number of anilines is 2. The van der Waals surface area contributed by atoms with Gasteiger partial charge in [0.25, 0.3) is 11.9 Å². The van der Waals surface area contributed by atoms with Crippen LogP contribution in [0.3, 0.4) is 0 Å². The summed E-state index contributed by atoms with van der Waals surface area (Å²) in [6.07, 6.45) is 1.53. The molecule has 2 aromatic carbocycles. The van der Waals surface area contributed by atoms with Crippen molar-refractivity contribution in [2.24, 2.45) is 0 Å². The molecule has 0 aliphatic rings. The Labute approximate surface area is 179 Å². The molecule has 0 spiro atoms. The third kappa shape index (κ3) is 5.40. The van der Waals surface area contributed by atoms with E-state index in [1.165, 1.54) is 25.4 Å². The number of carboxylic acid groups (broad SMARTS) is 1. The summed E-state index contributed by atoms with van der Waals surface area (Å²) in [7, 11) is 4.80. The highest BCUT2D eigenvalue weighted by Crippen LogP contribution is 2.27. The maximum atomic E-state index is 12.7. The summed E-state index contributed by atoms with van der Waals surface area (Å²) in [5.74, 6) is -0.198. The number of rotatable bonds is 9. The van der Waals surface area contributed by atoms with Gasteiger partial charge in [-0.2, -0.15) is 0 Å². The fourth-order valence-electron chi connectivity index (χ4n) is 2.83. The largest absolute Gasteiger partial charge is 0.497 e. The van der Waals surface area contributed by atoms with Crippen molar-refractivity contribution in [2.45, 2.75) is 0 Å². The number of hydrogen-bond donors (Lipinski definition) is 2. The van der Waals surface area contributed by atoms with Crippen LogP contribution in [0.2, 0.25) is 0 Å².